The van der Waals surface area contributed by atoms with E-state index in [4.69, 9.17) is 0 Å². The zero-order valence-electron chi connectivity index (χ0n) is 15.9. The van der Waals surface area contributed by atoms with Gasteiger partial charge in [-0.25, -0.2) is 18.7 Å². The van der Waals surface area contributed by atoms with Crippen LogP contribution in [0.5, 0.6) is 0 Å². The molecular formula is C21H18FN5O2. The predicted molar refractivity (Wildman–Crippen MR) is 109 cm³/mol. The fourth-order valence-corrected chi connectivity index (χ4v) is 3.15. The zero-order chi connectivity index (χ0) is 20.5. The average Bonchev–Trinajstić information content (AvgIpc) is 2.69. The van der Waals surface area contributed by atoms with Gasteiger partial charge in [0.1, 0.15) is 11.2 Å². The molecule has 2 aromatic carbocycles. The normalized spacial score (nSPS) is 11.0. The van der Waals surface area contributed by atoms with Crippen LogP contribution in [-0.4, -0.2) is 19.5 Å². The Kier molecular flexibility index (Phi) is 4.67. The van der Waals surface area contributed by atoms with Gasteiger partial charge in [0, 0.05) is 12.7 Å². The second kappa shape index (κ2) is 7.31. The largest absolute Gasteiger partial charge is 0.350 e. The molecule has 0 fully saturated rings. The number of aromatic nitrogens is 4. The van der Waals surface area contributed by atoms with Crippen LogP contribution in [0, 0.1) is 19.7 Å². The number of rotatable bonds is 4. The van der Waals surface area contributed by atoms with Gasteiger partial charge in [-0.1, -0.05) is 29.8 Å². The molecule has 0 spiro atoms. The zero-order valence-corrected chi connectivity index (χ0v) is 15.9. The van der Waals surface area contributed by atoms with Crippen LogP contribution in [0.3, 0.4) is 0 Å². The van der Waals surface area contributed by atoms with Crippen molar-refractivity contribution in [1.29, 1.82) is 0 Å². The molecule has 7 nitrogen and oxygen atoms in total. The highest BCUT2D eigenvalue weighted by Gasteiger charge is 2.13. The summed E-state index contributed by atoms with van der Waals surface area (Å²) < 4.78 is 14.1. The summed E-state index contributed by atoms with van der Waals surface area (Å²) in [5, 5.41) is 3.20. The maximum Gasteiger partial charge on any atom is 0.334 e. The van der Waals surface area contributed by atoms with Gasteiger partial charge in [-0.2, -0.15) is 4.98 Å². The summed E-state index contributed by atoms with van der Waals surface area (Å²) in [5.74, 6) is -0.0606. The Morgan fingerprint density at radius 2 is 1.86 bits per heavy atom. The third kappa shape index (κ3) is 3.64. The molecule has 8 heteroatoms. The van der Waals surface area contributed by atoms with E-state index in [-0.39, 0.29) is 22.8 Å². The molecule has 4 aromatic rings. The number of hydrogen-bond donors (Lipinski definition) is 2. The highest BCUT2D eigenvalue weighted by atomic mass is 19.1. The summed E-state index contributed by atoms with van der Waals surface area (Å²) in [6.07, 6.45) is 1.38. The first-order valence-corrected chi connectivity index (χ1v) is 9.00. The van der Waals surface area contributed by atoms with Gasteiger partial charge in [0.15, 0.2) is 5.65 Å². The van der Waals surface area contributed by atoms with Crippen molar-refractivity contribution < 1.29 is 4.39 Å². The summed E-state index contributed by atoms with van der Waals surface area (Å²) in [6, 6.07) is 11.5. The van der Waals surface area contributed by atoms with Crippen LogP contribution in [0.4, 0.5) is 10.3 Å². The molecule has 0 radical (unpaired) electrons. The minimum atomic E-state index is -0.572. The molecule has 0 saturated heterocycles. The number of benzene rings is 2. The van der Waals surface area contributed by atoms with Crippen LogP contribution in [0.1, 0.15) is 16.7 Å². The Bertz CT molecular complexity index is 1330. The van der Waals surface area contributed by atoms with Crippen LogP contribution in [0.25, 0.3) is 16.7 Å². The fourth-order valence-electron chi connectivity index (χ4n) is 3.15. The van der Waals surface area contributed by atoms with Crippen molar-refractivity contribution in [2.24, 2.45) is 0 Å². The highest BCUT2D eigenvalue weighted by molar-refractivity contribution is 5.73. The van der Waals surface area contributed by atoms with Gasteiger partial charge >= 0.3 is 5.69 Å². The van der Waals surface area contributed by atoms with Crippen LogP contribution >= 0.6 is 0 Å². The third-order valence-electron chi connectivity index (χ3n) is 4.61. The summed E-state index contributed by atoms with van der Waals surface area (Å²) in [5.41, 5.74) is 2.30. The number of fused-ring (bicyclic) bond motifs is 1. The van der Waals surface area contributed by atoms with E-state index in [2.05, 4.69) is 20.3 Å². The third-order valence-corrected chi connectivity index (χ3v) is 4.61. The van der Waals surface area contributed by atoms with E-state index in [1.165, 1.54) is 18.3 Å². The highest BCUT2D eigenvalue weighted by Crippen LogP contribution is 2.14. The number of aryl methyl sites for hydroxylation is 2. The Morgan fingerprint density at radius 1 is 1.10 bits per heavy atom. The molecule has 0 atom stereocenters. The van der Waals surface area contributed by atoms with Crippen molar-refractivity contribution in [3.05, 3.63) is 92.0 Å². The Labute approximate surface area is 164 Å². The number of halogens is 1. The SMILES string of the molecule is Cc1ccc(-n2c(=O)[nH]c3nc(NCc4ccc(F)cc4)ncc3c2=O)c(C)c1. The number of anilines is 1. The molecule has 0 unspecified atom stereocenters. The molecule has 0 aliphatic rings. The minimum Gasteiger partial charge on any atom is -0.350 e. The molecule has 2 heterocycles. The smallest absolute Gasteiger partial charge is 0.334 e. The lowest BCUT2D eigenvalue weighted by atomic mass is 10.1. The number of nitrogens with zero attached hydrogens (tertiary/aromatic N) is 3. The number of hydrogen-bond acceptors (Lipinski definition) is 5. The van der Waals surface area contributed by atoms with Gasteiger partial charge in [-0.15, -0.1) is 0 Å². The van der Waals surface area contributed by atoms with Crippen molar-refractivity contribution in [1.82, 2.24) is 19.5 Å². The van der Waals surface area contributed by atoms with Gasteiger partial charge in [0.25, 0.3) is 5.56 Å². The van der Waals surface area contributed by atoms with E-state index in [1.54, 1.807) is 18.2 Å². The Balaban J connectivity index is 1.71. The average molecular weight is 391 g/mol. The van der Waals surface area contributed by atoms with Gasteiger partial charge in [-0.05, 0) is 43.2 Å². The standard InChI is InChI=1S/C21H18FN5O2/c1-12-3-8-17(13(2)9-12)27-19(28)16-11-24-20(25-18(16)26-21(27)29)23-10-14-4-6-15(22)7-5-14/h3-9,11H,10H2,1-2H3,(H2,23,24,25,26,29). The van der Waals surface area contributed by atoms with Gasteiger partial charge in [-0.3, -0.25) is 9.78 Å². The number of nitrogens with one attached hydrogen (secondary N) is 2. The predicted octanol–water partition coefficient (Wildman–Crippen LogP) is 2.84. The van der Waals surface area contributed by atoms with Crippen molar-refractivity contribution >= 4 is 17.0 Å². The number of H-pyrrole nitrogens is 1. The second-order valence-electron chi connectivity index (χ2n) is 6.80. The minimum absolute atomic E-state index is 0.151. The number of aromatic amines is 1. The fraction of sp³-hybridized carbons (Fsp3) is 0.143. The van der Waals surface area contributed by atoms with E-state index in [9.17, 15) is 14.0 Å². The Hall–Kier alpha value is -3.81. The van der Waals surface area contributed by atoms with E-state index in [1.807, 2.05) is 26.0 Å². The molecule has 0 aliphatic heterocycles. The maximum absolute atomic E-state index is 13.0. The molecule has 29 heavy (non-hydrogen) atoms. The van der Waals surface area contributed by atoms with Crippen molar-refractivity contribution in [2.75, 3.05) is 5.32 Å². The van der Waals surface area contributed by atoms with E-state index in [0.29, 0.717) is 12.2 Å². The summed E-state index contributed by atoms with van der Waals surface area (Å²) in [7, 11) is 0. The molecule has 2 N–H and O–H groups in total. The molecule has 0 aliphatic carbocycles. The first-order valence-electron chi connectivity index (χ1n) is 9.00. The lowest BCUT2D eigenvalue weighted by Gasteiger charge is -2.10. The molecule has 0 amide bonds. The van der Waals surface area contributed by atoms with Crippen LogP contribution < -0.4 is 16.6 Å². The topological polar surface area (TPSA) is 92.7 Å². The van der Waals surface area contributed by atoms with Crippen LogP contribution in [0.2, 0.25) is 0 Å². The quantitative estimate of drug-likeness (QED) is 0.558. The monoisotopic (exact) mass is 391 g/mol. The first kappa shape index (κ1) is 18.5. The first-order chi connectivity index (χ1) is 13.9. The molecule has 146 valence electrons. The van der Waals surface area contributed by atoms with Crippen molar-refractivity contribution in [3.63, 3.8) is 0 Å². The summed E-state index contributed by atoms with van der Waals surface area (Å²) >= 11 is 0. The maximum atomic E-state index is 13.0. The van der Waals surface area contributed by atoms with E-state index < -0.39 is 11.2 Å². The van der Waals surface area contributed by atoms with Crippen molar-refractivity contribution in [2.45, 2.75) is 20.4 Å². The van der Waals surface area contributed by atoms with Crippen LogP contribution in [-0.2, 0) is 6.54 Å². The van der Waals surface area contributed by atoms with Gasteiger partial charge in [0.05, 0.1) is 5.69 Å². The summed E-state index contributed by atoms with van der Waals surface area (Å²) in [4.78, 5) is 36.6. The van der Waals surface area contributed by atoms with Gasteiger partial charge in [0.2, 0.25) is 5.95 Å². The van der Waals surface area contributed by atoms with Crippen LogP contribution in [0.15, 0.2) is 58.3 Å². The van der Waals surface area contributed by atoms with E-state index >= 15 is 0 Å². The molecule has 4 rings (SSSR count). The lowest BCUT2D eigenvalue weighted by molar-refractivity contribution is 0.627. The molecule has 0 saturated carbocycles. The Morgan fingerprint density at radius 3 is 2.59 bits per heavy atom. The van der Waals surface area contributed by atoms with Gasteiger partial charge < -0.3 is 5.32 Å². The summed E-state index contributed by atoms with van der Waals surface area (Å²) in [6.45, 7) is 4.16. The van der Waals surface area contributed by atoms with Crippen molar-refractivity contribution in [3.8, 4) is 5.69 Å². The molecular weight excluding hydrogens is 373 g/mol. The lowest BCUT2D eigenvalue weighted by Crippen LogP contribution is -2.34. The molecule has 2 aromatic heterocycles. The second-order valence-corrected chi connectivity index (χ2v) is 6.80. The van der Waals surface area contributed by atoms with E-state index in [0.717, 1.165) is 21.3 Å². The molecule has 0 bridgehead atoms.